The molecule has 4 aromatic rings. The van der Waals surface area contributed by atoms with Gasteiger partial charge < -0.3 is 5.73 Å². The Hall–Kier alpha value is -2.24. The molecular formula is C16H14N4S. The summed E-state index contributed by atoms with van der Waals surface area (Å²) < 4.78 is 2.03. The minimum atomic E-state index is -0.152. The van der Waals surface area contributed by atoms with Gasteiger partial charge >= 0.3 is 0 Å². The van der Waals surface area contributed by atoms with E-state index in [1.165, 1.54) is 5.39 Å². The summed E-state index contributed by atoms with van der Waals surface area (Å²) in [6.07, 6.45) is 6.56. The van der Waals surface area contributed by atoms with Crippen LogP contribution in [0.25, 0.3) is 15.7 Å². The van der Waals surface area contributed by atoms with E-state index in [1.807, 2.05) is 46.6 Å². The van der Waals surface area contributed by atoms with Crippen molar-refractivity contribution in [2.75, 3.05) is 0 Å². The zero-order valence-corrected chi connectivity index (χ0v) is 12.1. The van der Waals surface area contributed by atoms with Crippen LogP contribution in [0.3, 0.4) is 0 Å². The van der Waals surface area contributed by atoms with Gasteiger partial charge in [-0.25, -0.2) is 4.98 Å². The van der Waals surface area contributed by atoms with Gasteiger partial charge in [0, 0.05) is 35.8 Å². The average Bonchev–Trinajstić information content (AvgIpc) is 3.07. The molecule has 3 heterocycles. The number of nitrogens with two attached hydrogens (primary N) is 1. The molecule has 0 fully saturated rings. The summed E-state index contributed by atoms with van der Waals surface area (Å²) in [5.74, 6) is 0. The molecule has 0 bridgehead atoms. The number of thiazole rings is 1. The molecule has 1 atom stereocenters. The summed E-state index contributed by atoms with van der Waals surface area (Å²) in [6, 6.07) is 10.1. The first kappa shape index (κ1) is 12.5. The zero-order chi connectivity index (χ0) is 14.2. The van der Waals surface area contributed by atoms with Crippen LogP contribution in [-0.2, 0) is 6.42 Å². The third kappa shape index (κ3) is 2.20. The Balaban J connectivity index is 1.69. The van der Waals surface area contributed by atoms with Crippen molar-refractivity contribution in [2.45, 2.75) is 12.5 Å². The van der Waals surface area contributed by atoms with E-state index in [4.69, 9.17) is 5.73 Å². The Kier molecular flexibility index (Phi) is 2.94. The summed E-state index contributed by atoms with van der Waals surface area (Å²) in [4.78, 5) is 10.1. The number of hydrogen-bond acceptors (Lipinski definition) is 4. The third-order valence-electron chi connectivity index (χ3n) is 3.63. The van der Waals surface area contributed by atoms with Crippen molar-refractivity contribution in [1.29, 1.82) is 0 Å². The first-order valence-corrected chi connectivity index (χ1v) is 7.69. The van der Waals surface area contributed by atoms with E-state index in [9.17, 15) is 0 Å². The van der Waals surface area contributed by atoms with Crippen LogP contribution in [0.2, 0.25) is 0 Å². The molecule has 21 heavy (non-hydrogen) atoms. The smallest absolute Gasteiger partial charge is 0.193 e. The second kappa shape index (κ2) is 4.95. The SMILES string of the molecule is NC(Cc1cn2ccsc2n1)c1nccc2ccccc12. The van der Waals surface area contributed by atoms with E-state index in [0.717, 1.165) is 21.7 Å². The fourth-order valence-electron chi connectivity index (χ4n) is 2.63. The summed E-state index contributed by atoms with van der Waals surface area (Å²) in [5, 5.41) is 4.32. The molecule has 5 heteroatoms. The zero-order valence-electron chi connectivity index (χ0n) is 11.3. The first-order valence-electron chi connectivity index (χ1n) is 6.81. The van der Waals surface area contributed by atoms with Crippen LogP contribution in [0.4, 0.5) is 0 Å². The van der Waals surface area contributed by atoms with Gasteiger partial charge in [-0.15, -0.1) is 11.3 Å². The van der Waals surface area contributed by atoms with Gasteiger partial charge in [0.05, 0.1) is 17.4 Å². The van der Waals surface area contributed by atoms with E-state index in [1.54, 1.807) is 11.3 Å². The van der Waals surface area contributed by atoms with Crippen LogP contribution in [0.1, 0.15) is 17.4 Å². The van der Waals surface area contributed by atoms with E-state index < -0.39 is 0 Å². The molecule has 0 saturated carbocycles. The predicted molar refractivity (Wildman–Crippen MR) is 85.4 cm³/mol. The minimum Gasteiger partial charge on any atom is -0.322 e. The van der Waals surface area contributed by atoms with E-state index in [2.05, 4.69) is 22.1 Å². The molecule has 2 N–H and O–H groups in total. The number of imidazole rings is 1. The van der Waals surface area contributed by atoms with Gasteiger partial charge in [0.2, 0.25) is 0 Å². The highest BCUT2D eigenvalue weighted by Gasteiger charge is 2.14. The molecule has 0 aliphatic carbocycles. The summed E-state index contributed by atoms with van der Waals surface area (Å²) in [6.45, 7) is 0. The van der Waals surface area contributed by atoms with Crippen LogP contribution in [0, 0.1) is 0 Å². The lowest BCUT2D eigenvalue weighted by Crippen LogP contribution is -2.15. The molecule has 3 aromatic heterocycles. The van der Waals surface area contributed by atoms with Crippen molar-refractivity contribution < 1.29 is 0 Å². The minimum absolute atomic E-state index is 0.152. The largest absolute Gasteiger partial charge is 0.322 e. The lowest BCUT2D eigenvalue weighted by molar-refractivity contribution is 0.693. The Morgan fingerprint density at radius 2 is 2.14 bits per heavy atom. The normalized spacial score (nSPS) is 13.0. The van der Waals surface area contributed by atoms with Crippen molar-refractivity contribution in [3.63, 3.8) is 0 Å². The van der Waals surface area contributed by atoms with E-state index in [0.29, 0.717) is 6.42 Å². The summed E-state index contributed by atoms with van der Waals surface area (Å²) in [7, 11) is 0. The van der Waals surface area contributed by atoms with Crippen molar-refractivity contribution in [1.82, 2.24) is 14.4 Å². The predicted octanol–water partition coefficient (Wildman–Crippen LogP) is 3.19. The van der Waals surface area contributed by atoms with Crippen molar-refractivity contribution in [2.24, 2.45) is 5.73 Å². The average molecular weight is 294 g/mol. The summed E-state index contributed by atoms with van der Waals surface area (Å²) >= 11 is 1.63. The molecule has 4 rings (SSSR count). The highest BCUT2D eigenvalue weighted by atomic mass is 32.1. The molecule has 0 spiro atoms. The van der Waals surface area contributed by atoms with Crippen molar-refractivity contribution in [3.05, 3.63) is 65.7 Å². The highest BCUT2D eigenvalue weighted by Crippen LogP contribution is 2.23. The standard InChI is InChI=1S/C16H14N4S/c17-14(9-12-10-20-7-8-21-16(20)19-12)15-13-4-2-1-3-11(13)5-6-18-15/h1-8,10,14H,9,17H2. The Morgan fingerprint density at radius 3 is 3.05 bits per heavy atom. The number of aromatic nitrogens is 3. The number of hydrogen-bond donors (Lipinski definition) is 1. The van der Waals surface area contributed by atoms with Crippen LogP contribution in [-0.4, -0.2) is 14.4 Å². The fraction of sp³-hybridized carbons (Fsp3) is 0.125. The number of pyridine rings is 1. The number of rotatable bonds is 3. The molecule has 1 unspecified atom stereocenters. The third-order valence-corrected chi connectivity index (χ3v) is 4.40. The number of fused-ring (bicyclic) bond motifs is 2. The van der Waals surface area contributed by atoms with Gasteiger partial charge in [-0.2, -0.15) is 0 Å². The number of benzene rings is 1. The van der Waals surface area contributed by atoms with E-state index in [-0.39, 0.29) is 6.04 Å². The van der Waals surface area contributed by atoms with E-state index >= 15 is 0 Å². The van der Waals surface area contributed by atoms with Crippen molar-refractivity contribution >= 4 is 27.1 Å². The van der Waals surface area contributed by atoms with Crippen LogP contribution in [0.15, 0.2) is 54.3 Å². The molecular weight excluding hydrogens is 280 g/mol. The molecule has 0 amide bonds. The molecule has 0 aliphatic rings. The number of nitrogens with zero attached hydrogens (tertiary/aromatic N) is 3. The van der Waals surface area contributed by atoms with Gasteiger partial charge in [-0.1, -0.05) is 24.3 Å². The lowest BCUT2D eigenvalue weighted by Gasteiger charge is -2.12. The Labute approximate surface area is 125 Å². The van der Waals surface area contributed by atoms with Crippen LogP contribution >= 0.6 is 11.3 Å². The van der Waals surface area contributed by atoms with Gasteiger partial charge in [0.25, 0.3) is 0 Å². The second-order valence-corrected chi connectivity index (χ2v) is 5.93. The topological polar surface area (TPSA) is 56.2 Å². The fourth-order valence-corrected chi connectivity index (χ4v) is 3.35. The second-order valence-electron chi connectivity index (χ2n) is 5.05. The quantitative estimate of drug-likeness (QED) is 0.631. The van der Waals surface area contributed by atoms with Crippen LogP contribution in [0.5, 0.6) is 0 Å². The van der Waals surface area contributed by atoms with Gasteiger partial charge in [-0.3, -0.25) is 9.38 Å². The molecule has 104 valence electrons. The first-order chi connectivity index (χ1) is 10.3. The maximum Gasteiger partial charge on any atom is 0.193 e. The Bertz CT molecular complexity index is 875. The summed E-state index contributed by atoms with van der Waals surface area (Å²) in [5.41, 5.74) is 8.31. The molecule has 1 aromatic carbocycles. The van der Waals surface area contributed by atoms with Crippen molar-refractivity contribution in [3.8, 4) is 0 Å². The van der Waals surface area contributed by atoms with Crippen LogP contribution < -0.4 is 5.73 Å². The van der Waals surface area contributed by atoms with Gasteiger partial charge in [-0.05, 0) is 11.5 Å². The Morgan fingerprint density at radius 1 is 1.24 bits per heavy atom. The van der Waals surface area contributed by atoms with Gasteiger partial charge in [0.15, 0.2) is 4.96 Å². The molecule has 0 radical (unpaired) electrons. The maximum atomic E-state index is 6.38. The molecule has 0 aliphatic heterocycles. The lowest BCUT2D eigenvalue weighted by atomic mass is 10.0. The molecule has 0 saturated heterocycles. The monoisotopic (exact) mass is 294 g/mol. The molecule has 4 nitrogen and oxygen atoms in total. The van der Waals surface area contributed by atoms with Gasteiger partial charge in [0.1, 0.15) is 0 Å². The maximum absolute atomic E-state index is 6.38. The highest BCUT2D eigenvalue weighted by molar-refractivity contribution is 7.15.